The highest BCUT2D eigenvalue weighted by molar-refractivity contribution is 7.09. The minimum absolute atomic E-state index is 0.0730. The van der Waals surface area contributed by atoms with Crippen molar-refractivity contribution in [3.8, 4) is 0 Å². The Kier molecular flexibility index (Phi) is 7.64. The van der Waals surface area contributed by atoms with Gasteiger partial charge in [0.05, 0.1) is 18.8 Å². The lowest BCUT2D eigenvalue weighted by Crippen LogP contribution is -2.39. The first-order valence-electron chi connectivity index (χ1n) is 13.6. The third-order valence-corrected chi connectivity index (χ3v) is 8.47. The fourth-order valence-electron chi connectivity index (χ4n) is 5.63. The molecule has 9 nitrogen and oxygen atoms in total. The summed E-state index contributed by atoms with van der Waals surface area (Å²) in [6.45, 7) is 5.59. The number of thiophene rings is 1. The number of pyridine rings is 1. The Morgan fingerprint density at radius 3 is 2.74 bits per heavy atom. The molecular formula is C28H34N6O3S. The molecule has 0 amide bonds. The number of fused-ring (bicyclic) bond motifs is 1. The van der Waals surface area contributed by atoms with Gasteiger partial charge >= 0.3 is 0 Å². The van der Waals surface area contributed by atoms with E-state index in [0.717, 1.165) is 56.2 Å². The third-order valence-electron chi connectivity index (χ3n) is 7.61. The summed E-state index contributed by atoms with van der Waals surface area (Å²) >= 11 is 1.71. The zero-order valence-corrected chi connectivity index (χ0v) is 22.5. The molecule has 4 aromatic rings. The maximum absolute atomic E-state index is 13.7. The fourth-order valence-corrected chi connectivity index (χ4v) is 6.36. The summed E-state index contributed by atoms with van der Waals surface area (Å²) in [6.07, 6.45) is 5.18. The van der Waals surface area contributed by atoms with Crippen LogP contribution >= 0.6 is 11.3 Å². The fraction of sp³-hybridized carbons (Fsp3) is 0.500. The molecule has 3 atom stereocenters. The van der Waals surface area contributed by atoms with Gasteiger partial charge in [-0.15, -0.1) is 16.4 Å². The second-order valence-electron chi connectivity index (χ2n) is 10.2. The van der Waals surface area contributed by atoms with E-state index in [1.165, 1.54) is 10.4 Å². The zero-order valence-electron chi connectivity index (χ0n) is 21.7. The van der Waals surface area contributed by atoms with Crippen LogP contribution < -0.4 is 5.56 Å². The van der Waals surface area contributed by atoms with Crippen LogP contribution in [0.3, 0.4) is 0 Å². The van der Waals surface area contributed by atoms with Crippen molar-refractivity contribution in [1.82, 2.24) is 30.1 Å². The van der Waals surface area contributed by atoms with Gasteiger partial charge in [-0.25, -0.2) is 4.68 Å². The Labute approximate surface area is 225 Å². The van der Waals surface area contributed by atoms with Gasteiger partial charge < -0.3 is 14.5 Å². The second-order valence-corrected chi connectivity index (χ2v) is 11.3. The number of nitrogens with one attached hydrogen (secondary N) is 1. The van der Waals surface area contributed by atoms with Gasteiger partial charge in [-0.1, -0.05) is 19.1 Å². The first-order chi connectivity index (χ1) is 18.7. The molecule has 0 spiro atoms. The Bertz CT molecular complexity index is 1410. The summed E-state index contributed by atoms with van der Waals surface area (Å²) in [6, 6.07) is 12.0. The number of benzene rings is 1. The number of rotatable bonds is 10. The van der Waals surface area contributed by atoms with Gasteiger partial charge in [-0.2, -0.15) is 0 Å². The van der Waals surface area contributed by atoms with Gasteiger partial charge in [0.2, 0.25) is 0 Å². The molecule has 10 heteroatoms. The molecule has 5 heterocycles. The standard InChI is InChI=1S/C28H34N6O3S/c1-2-19-9-10-25-20(14-19)15-24(28(35)29-25)26(27-30-31-32-34(27)17-22-7-4-12-37-22)33(16-21-6-3-11-36-21)18-23-8-5-13-38-23/h5,8-10,13-15,21-22,26H,2-4,6-7,11-12,16-18H2,1H3,(H,29,35)/t21-,22-,26+/m0/s1. The lowest BCUT2D eigenvalue weighted by Gasteiger charge is -2.32. The molecule has 38 heavy (non-hydrogen) atoms. The van der Waals surface area contributed by atoms with Crippen molar-refractivity contribution in [2.24, 2.45) is 0 Å². The van der Waals surface area contributed by atoms with Crippen LogP contribution in [-0.2, 0) is 29.0 Å². The molecule has 1 N–H and O–H groups in total. The second kappa shape index (κ2) is 11.4. The van der Waals surface area contributed by atoms with E-state index in [9.17, 15) is 4.79 Å². The molecule has 3 aromatic heterocycles. The van der Waals surface area contributed by atoms with E-state index in [0.29, 0.717) is 31.0 Å². The van der Waals surface area contributed by atoms with Crippen molar-refractivity contribution >= 4 is 22.2 Å². The lowest BCUT2D eigenvalue weighted by molar-refractivity contribution is 0.0559. The number of aryl methyl sites for hydroxylation is 1. The van der Waals surface area contributed by atoms with Gasteiger partial charge in [-0.05, 0) is 83.1 Å². The molecule has 1 aromatic carbocycles. The largest absolute Gasteiger partial charge is 0.377 e. The predicted molar refractivity (Wildman–Crippen MR) is 146 cm³/mol. The van der Waals surface area contributed by atoms with Crippen LogP contribution in [0.4, 0.5) is 0 Å². The van der Waals surface area contributed by atoms with Crippen LogP contribution in [0.25, 0.3) is 10.9 Å². The van der Waals surface area contributed by atoms with Crippen LogP contribution in [0.1, 0.15) is 60.5 Å². The maximum Gasteiger partial charge on any atom is 0.253 e. The van der Waals surface area contributed by atoms with E-state index in [1.54, 1.807) is 11.3 Å². The Morgan fingerprint density at radius 2 is 2.00 bits per heavy atom. The van der Waals surface area contributed by atoms with Gasteiger partial charge in [0.15, 0.2) is 5.82 Å². The van der Waals surface area contributed by atoms with E-state index in [-0.39, 0.29) is 17.8 Å². The van der Waals surface area contributed by atoms with E-state index >= 15 is 0 Å². The smallest absolute Gasteiger partial charge is 0.253 e. The number of nitrogens with zero attached hydrogens (tertiary/aromatic N) is 5. The highest BCUT2D eigenvalue weighted by Gasteiger charge is 2.34. The number of hydrogen-bond acceptors (Lipinski definition) is 8. The molecular weight excluding hydrogens is 500 g/mol. The van der Waals surface area contributed by atoms with E-state index < -0.39 is 6.04 Å². The molecule has 2 fully saturated rings. The number of aromatic nitrogens is 5. The first-order valence-corrected chi connectivity index (χ1v) is 14.5. The SMILES string of the molecule is CCc1ccc2[nH]c(=O)c([C@H](c3nnnn3C[C@@H]3CCCO3)N(Cc3cccs3)C[C@@H]3CCCO3)cc2c1. The van der Waals surface area contributed by atoms with Crippen LogP contribution in [0.15, 0.2) is 46.6 Å². The Hall–Kier alpha value is -2.92. The number of hydrogen-bond donors (Lipinski definition) is 1. The topological polar surface area (TPSA) is 98.2 Å². The normalized spacial score (nSPS) is 20.6. The van der Waals surface area contributed by atoms with E-state index in [1.807, 2.05) is 16.8 Å². The number of H-pyrrole nitrogens is 1. The van der Waals surface area contributed by atoms with Crippen LogP contribution in [-0.4, -0.2) is 62.1 Å². The van der Waals surface area contributed by atoms with Crippen LogP contribution in [0.5, 0.6) is 0 Å². The molecule has 6 rings (SSSR count). The predicted octanol–water partition coefficient (Wildman–Crippen LogP) is 4.09. The average Bonchev–Trinajstić information content (AvgIpc) is 3.74. The molecule has 2 aliphatic rings. The average molecular weight is 535 g/mol. The van der Waals surface area contributed by atoms with Gasteiger partial charge in [0, 0.05) is 42.3 Å². The summed E-state index contributed by atoms with van der Waals surface area (Å²) in [5.41, 5.74) is 2.58. The molecule has 0 aliphatic carbocycles. The van der Waals surface area contributed by atoms with Crippen molar-refractivity contribution < 1.29 is 9.47 Å². The highest BCUT2D eigenvalue weighted by atomic mass is 32.1. The molecule has 2 saturated heterocycles. The minimum atomic E-state index is -0.448. The minimum Gasteiger partial charge on any atom is -0.377 e. The highest BCUT2D eigenvalue weighted by Crippen LogP contribution is 2.31. The summed E-state index contributed by atoms with van der Waals surface area (Å²) in [5, 5.41) is 16.1. The van der Waals surface area contributed by atoms with Crippen molar-refractivity contribution in [3.05, 3.63) is 74.0 Å². The number of tetrazole rings is 1. The summed E-state index contributed by atoms with van der Waals surface area (Å²) in [5.74, 6) is 0.659. The quantitative estimate of drug-likeness (QED) is 0.327. The lowest BCUT2D eigenvalue weighted by atomic mass is 10.0. The van der Waals surface area contributed by atoms with Gasteiger partial charge in [0.1, 0.15) is 6.04 Å². The number of ether oxygens (including phenoxy) is 2. The molecule has 0 bridgehead atoms. The Balaban J connectivity index is 1.47. The summed E-state index contributed by atoms with van der Waals surface area (Å²) in [7, 11) is 0. The zero-order chi connectivity index (χ0) is 25.9. The van der Waals surface area contributed by atoms with Crippen molar-refractivity contribution in [1.29, 1.82) is 0 Å². The van der Waals surface area contributed by atoms with Crippen molar-refractivity contribution in [2.75, 3.05) is 19.8 Å². The number of aromatic amines is 1. The van der Waals surface area contributed by atoms with Gasteiger partial charge in [0.25, 0.3) is 5.56 Å². The molecule has 0 unspecified atom stereocenters. The Morgan fingerprint density at radius 1 is 1.16 bits per heavy atom. The summed E-state index contributed by atoms with van der Waals surface area (Å²) in [4.78, 5) is 20.4. The van der Waals surface area contributed by atoms with E-state index in [2.05, 4.69) is 62.0 Å². The van der Waals surface area contributed by atoms with Crippen molar-refractivity contribution in [2.45, 2.75) is 70.4 Å². The maximum atomic E-state index is 13.7. The monoisotopic (exact) mass is 534 g/mol. The molecule has 200 valence electrons. The molecule has 2 aliphatic heterocycles. The van der Waals surface area contributed by atoms with Crippen LogP contribution in [0, 0.1) is 0 Å². The van der Waals surface area contributed by atoms with Crippen molar-refractivity contribution in [3.63, 3.8) is 0 Å². The van der Waals surface area contributed by atoms with Crippen LogP contribution in [0.2, 0.25) is 0 Å². The third kappa shape index (κ3) is 5.44. The van der Waals surface area contributed by atoms with Gasteiger partial charge in [-0.3, -0.25) is 9.69 Å². The molecule has 0 saturated carbocycles. The first kappa shape index (κ1) is 25.4. The summed E-state index contributed by atoms with van der Waals surface area (Å²) < 4.78 is 13.8. The molecule has 0 radical (unpaired) electrons. The van der Waals surface area contributed by atoms with E-state index in [4.69, 9.17) is 9.47 Å².